The molecular weight excluding hydrogens is 302 g/mol. The van der Waals surface area contributed by atoms with Crippen LogP contribution < -0.4 is 4.74 Å². The highest BCUT2D eigenvalue weighted by molar-refractivity contribution is 6.30. The van der Waals surface area contributed by atoms with Crippen molar-refractivity contribution in [3.63, 3.8) is 0 Å². The van der Waals surface area contributed by atoms with E-state index in [4.69, 9.17) is 21.4 Å². The van der Waals surface area contributed by atoms with Gasteiger partial charge in [0.15, 0.2) is 0 Å². The minimum absolute atomic E-state index is 0.0175. The number of nitrogens with zero attached hydrogens (tertiary/aromatic N) is 1. The molecule has 1 aromatic heterocycles. The van der Waals surface area contributed by atoms with E-state index in [1.54, 1.807) is 30.3 Å². The number of benzene rings is 1. The van der Waals surface area contributed by atoms with Crippen LogP contribution in [0.3, 0.4) is 0 Å². The van der Waals surface area contributed by atoms with Gasteiger partial charge in [-0.1, -0.05) is 24.2 Å². The van der Waals surface area contributed by atoms with Gasteiger partial charge in [-0.25, -0.2) is 9.78 Å². The summed E-state index contributed by atoms with van der Waals surface area (Å²) in [4.78, 5) is 15.1. The molecule has 1 heterocycles. The van der Waals surface area contributed by atoms with E-state index >= 15 is 0 Å². The van der Waals surface area contributed by atoms with Gasteiger partial charge in [0.25, 0.3) is 0 Å². The van der Waals surface area contributed by atoms with Crippen molar-refractivity contribution in [1.82, 2.24) is 4.98 Å². The van der Waals surface area contributed by atoms with Crippen molar-refractivity contribution < 1.29 is 14.6 Å². The van der Waals surface area contributed by atoms with E-state index in [1.807, 2.05) is 6.92 Å². The maximum absolute atomic E-state index is 11.0. The van der Waals surface area contributed by atoms with Crippen molar-refractivity contribution in [1.29, 1.82) is 0 Å². The van der Waals surface area contributed by atoms with Gasteiger partial charge in [-0.15, -0.1) is 0 Å². The Morgan fingerprint density at radius 1 is 1.36 bits per heavy atom. The molecule has 0 radical (unpaired) electrons. The van der Waals surface area contributed by atoms with Gasteiger partial charge in [-0.2, -0.15) is 0 Å². The lowest BCUT2D eigenvalue weighted by atomic mass is 10.1. The summed E-state index contributed by atoms with van der Waals surface area (Å²) >= 11 is 6.04. The number of hydrogen-bond acceptors (Lipinski definition) is 3. The van der Waals surface area contributed by atoms with Crippen molar-refractivity contribution in [3.8, 4) is 5.75 Å². The van der Waals surface area contributed by atoms with Crippen LogP contribution in [0.2, 0.25) is 5.02 Å². The molecule has 2 aromatic rings. The molecule has 0 amide bonds. The quantitative estimate of drug-likeness (QED) is 0.819. The SMILES string of the molecule is C=C(C)COc1ccc(Cl)cc1Cc1cccc(C(=O)O)n1. The van der Waals surface area contributed by atoms with E-state index in [0.29, 0.717) is 29.5 Å². The fourth-order valence-electron chi connectivity index (χ4n) is 1.92. The first-order valence-corrected chi connectivity index (χ1v) is 7.08. The van der Waals surface area contributed by atoms with Gasteiger partial charge in [-0.05, 0) is 42.8 Å². The molecule has 0 saturated carbocycles. The smallest absolute Gasteiger partial charge is 0.354 e. The van der Waals surface area contributed by atoms with Crippen LogP contribution >= 0.6 is 11.6 Å². The molecule has 114 valence electrons. The average molecular weight is 318 g/mol. The number of hydrogen-bond donors (Lipinski definition) is 1. The topological polar surface area (TPSA) is 59.4 Å². The molecule has 4 nitrogen and oxygen atoms in total. The van der Waals surface area contributed by atoms with E-state index < -0.39 is 5.97 Å². The number of rotatable bonds is 6. The van der Waals surface area contributed by atoms with Gasteiger partial charge in [0.05, 0.1) is 0 Å². The molecule has 5 heteroatoms. The number of pyridine rings is 1. The monoisotopic (exact) mass is 317 g/mol. The number of aromatic carboxylic acids is 1. The third-order valence-corrected chi connectivity index (χ3v) is 3.13. The van der Waals surface area contributed by atoms with Gasteiger partial charge >= 0.3 is 5.97 Å². The summed E-state index contributed by atoms with van der Waals surface area (Å²) in [5.74, 6) is -0.360. The Balaban J connectivity index is 2.27. The van der Waals surface area contributed by atoms with Crippen molar-refractivity contribution in [2.24, 2.45) is 0 Å². The van der Waals surface area contributed by atoms with E-state index in [-0.39, 0.29) is 5.69 Å². The van der Waals surface area contributed by atoms with Crippen LogP contribution in [0.5, 0.6) is 5.75 Å². The highest BCUT2D eigenvalue weighted by Crippen LogP contribution is 2.25. The Hall–Kier alpha value is -2.33. The summed E-state index contributed by atoms with van der Waals surface area (Å²) in [6.45, 7) is 6.10. The Bertz CT molecular complexity index is 713. The maximum Gasteiger partial charge on any atom is 0.354 e. The largest absolute Gasteiger partial charge is 0.489 e. The molecular formula is C17H16ClNO3. The highest BCUT2D eigenvalue weighted by Gasteiger charge is 2.10. The Labute approximate surface area is 134 Å². The minimum Gasteiger partial charge on any atom is -0.489 e. The lowest BCUT2D eigenvalue weighted by molar-refractivity contribution is 0.0690. The molecule has 22 heavy (non-hydrogen) atoms. The van der Waals surface area contributed by atoms with Crippen LogP contribution in [0.25, 0.3) is 0 Å². The van der Waals surface area contributed by atoms with Crippen LogP contribution in [-0.4, -0.2) is 22.7 Å². The van der Waals surface area contributed by atoms with E-state index in [9.17, 15) is 4.79 Å². The van der Waals surface area contributed by atoms with Crippen LogP contribution in [0, 0.1) is 0 Å². The van der Waals surface area contributed by atoms with E-state index in [0.717, 1.165) is 11.1 Å². The molecule has 1 N–H and O–H groups in total. The molecule has 0 aliphatic heterocycles. The number of aromatic nitrogens is 1. The van der Waals surface area contributed by atoms with Crippen molar-refractivity contribution in [3.05, 3.63) is 70.5 Å². The number of carbonyl (C=O) groups is 1. The molecule has 0 unspecified atom stereocenters. The number of carboxylic acids is 1. The Kier molecular flexibility index (Phi) is 5.17. The first kappa shape index (κ1) is 16.0. The Morgan fingerprint density at radius 3 is 2.82 bits per heavy atom. The number of ether oxygens (including phenoxy) is 1. The lowest BCUT2D eigenvalue weighted by Gasteiger charge is -2.12. The molecule has 2 rings (SSSR count). The number of halogens is 1. The highest BCUT2D eigenvalue weighted by atomic mass is 35.5. The summed E-state index contributed by atoms with van der Waals surface area (Å²) in [7, 11) is 0. The molecule has 0 aliphatic rings. The zero-order valence-corrected chi connectivity index (χ0v) is 12.9. The van der Waals surface area contributed by atoms with Gasteiger partial charge in [0.2, 0.25) is 0 Å². The summed E-state index contributed by atoms with van der Waals surface area (Å²) in [6.07, 6.45) is 0.438. The van der Waals surface area contributed by atoms with Crippen LogP contribution in [0.4, 0.5) is 0 Å². The van der Waals surface area contributed by atoms with Gasteiger partial charge in [-0.3, -0.25) is 0 Å². The van der Waals surface area contributed by atoms with Gasteiger partial charge in [0, 0.05) is 22.7 Å². The summed E-state index contributed by atoms with van der Waals surface area (Å²) in [6, 6.07) is 10.2. The predicted octanol–water partition coefficient (Wildman–Crippen LogP) is 3.98. The molecule has 0 aliphatic carbocycles. The van der Waals surface area contributed by atoms with Crippen LogP contribution in [0.15, 0.2) is 48.6 Å². The third-order valence-electron chi connectivity index (χ3n) is 2.89. The molecule has 0 spiro atoms. The normalized spacial score (nSPS) is 10.3. The average Bonchev–Trinajstić information content (AvgIpc) is 2.46. The van der Waals surface area contributed by atoms with Crippen molar-refractivity contribution in [2.45, 2.75) is 13.3 Å². The third kappa shape index (κ3) is 4.33. The summed E-state index contributed by atoms with van der Waals surface area (Å²) in [5.41, 5.74) is 2.42. The number of carboxylic acid groups (broad SMARTS) is 1. The van der Waals surface area contributed by atoms with Gasteiger partial charge in [0.1, 0.15) is 18.1 Å². The van der Waals surface area contributed by atoms with Crippen molar-refractivity contribution >= 4 is 17.6 Å². The van der Waals surface area contributed by atoms with Crippen molar-refractivity contribution in [2.75, 3.05) is 6.61 Å². The zero-order chi connectivity index (χ0) is 16.1. The second-order valence-corrected chi connectivity index (χ2v) is 5.43. The molecule has 0 saturated heterocycles. The van der Waals surface area contributed by atoms with Crippen LogP contribution in [-0.2, 0) is 6.42 Å². The molecule has 1 aromatic carbocycles. The Morgan fingerprint density at radius 2 is 2.14 bits per heavy atom. The second kappa shape index (κ2) is 7.09. The first-order chi connectivity index (χ1) is 10.5. The van der Waals surface area contributed by atoms with E-state index in [2.05, 4.69) is 11.6 Å². The predicted molar refractivity (Wildman–Crippen MR) is 85.8 cm³/mol. The lowest BCUT2D eigenvalue weighted by Crippen LogP contribution is -2.05. The van der Waals surface area contributed by atoms with E-state index in [1.165, 1.54) is 6.07 Å². The fourth-order valence-corrected chi connectivity index (χ4v) is 2.11. The minimum atomic E-state index is -1.05. The standard InChI is InChI=1S/C17H16ClNO3/c1-11(2)10-22-16-7-6-13(18)8-12(16)9-14-4-3-5-15(19-14)17(20)21/h3-8H,1,9-10H2,2H3,(H,20,21). The molecule has 0 atom stereocenters. The zero-order valence-electron chi connectivity index (χ0n) is 12.2. The first-order valence-electron chi connectivity index (χ1n) is 6.70. The van der Waals surface area contributed by atoms with Crippen LogP contribution in [0.1, 0.15) is 28.7 Å². The summed E-state index contributed by atoms with van der Waals surface area (Å²) in [5, 5.41) is 9.59. The van der Waals surface area contributed by atoms with Gasteiger partial charge < -0.3 is 9.84 Å². The second-order valence-electron chi connectivity index (χ2n) is 4.99. The molecule has 0 bridgehead atoms. The molecule has 0 fully saturated rings. The maximum atomic E-state index is 11.0. The summed E-state index contributed by atoms with van der Waals surface area (Å²) < 4.78 is 5.70. The fraction of sp³-hybridized carbons (Fsp3) is 0.176.